The zero-order valence-electron chi connectivity index (χ0n) is 14.8. The number of aromatic nitrogens is 3. The zero-order valence-corrected chi connectivity index (χ0v) is 15.6. The van der Waals surface area contributed by atoms with Gasteiger partial charge in [-0.3, -0.25) is 4.79 Å². The van der Waals surface area contributed by atoms with Crippen molar-refractivity contribution in [2.45, 2.75) is 5.16 Å². The lowest BCUT2D eigenvalue weighted by Crippen LogP contribution is -2.06. The van der Waals surface area contributed by atoms with Crippen molar-refractivity contribution in [2.24, 2.45) is 7.05 Å². The van der Waals surface area contributed by atoms with Gasteiger partial charge in [-0.1, -0.05) is 23.9 Å². The summed E-state index contributed by atoms with van der Waals surface area (Å²) in [6.45, 7) is 0. The van der Waals surface area contributed by atoms with E-state index in [0.29, 0.717) is 16.5 Å². The average Bonchev–Trinajstić information content (AvgIpc) is 3.06. The largest absolute Gasteiger partial charge is 0.497 e. The van der Waals surface area contributed by atoms with Crippen molar-refractivity contribution in [3.63, 3.8) is 0 Å². The molecule has 2 aromatic carbocycles. The highest BCUT2D eigenvalue weighted by Crippen LogP contribution is 2.26. The smallest absolute Gasteiger partial charge is 0.191 e. The highest BCUT2D eigenvalue weighted by Gasteiger charge is 2.16. The summed E-state index contributed by atoms with van der Waals surface area (Å²) in [6, 6.07) is 14.8. The average molecular weight is 369 g/mol. The topological polar surface area (TPSA) is 66.2 Å². The molecule has 1 aromatic heterocycles. The Kier molecular flexibility index (Phi) is 5.58. The summed E-state index contributed by atoms with van der Waals surface area (Å²) < 4.78 is 12.3. The van der Waals surface area contributed by atoms with E-state index in [1.54, 1.807) is 26.4 Å². The molecule has 0 atom stereocenters. The van der Waals surface area contributed by atoms with E-state index in [1.807, 2.05) is 48.0 Å². The fourth-order valence-electron chi connectivity index (χ4n) is 2.51. The summed E-state index contributed by atoms with van der Waals surface area (Å²) in [4.78, 5) is 12.5. The minimum absolute atomic E-state index is 0.0125. The van der Waals surface area contributed by atoms with Crippen LogP contribution in [0.25, 0.3) is 11.4 Å². The number of thioether (sulfide) groups is 1. The molecule has 1 heterocycles. The van der Waals surface area contributed by atoms with Crippen LogP contribution in [0.4, 0.5) is 0 Å². The van der Waals surface area contributed by atoms with Crippen molar-refractivity contribution >= 4 is 17.5 Å². The monoisotopic (exact) mass is 369 g/mol. The number of Topliss-reactive ketones (excluding diaryl/α,β-unsaturated/α-hetero) is 1. The van der Waals surface area contributed by atoms with Gasteiger partial charge in [0.1, 0.15) is 11.5 Å². The third-order valence-electron chi connectivity index (χ3n) is 3.92. The van der Waals surface area contributed by atoms with Crippen molar-refractivity contribution in [3.05, 3.63) is 54.1 Å². The lowest BCUT2D eigenvalue weighted by Gasteiger charge is -2.07. The molecule has 0 aliphatic carbocycles. The molecule has 7 heteroatoms. The number of ether oxygens (including phenoxy) is 2. The molecule has 0 unspecified atom stereocenters. The van der Waals surface area contributed by atoms with Gasteiger partial charge in [0, 0.05) is 12.6 Å². The number of hydrogen-bond acceptors (Lipinski definition) is 6. The van der Waals surface area contributed by atoms with Gasteiger partial charge in [0.05, 0.1) is 25.5 Å². The van der Waals surface area contributed by atoms with Crippen LogP contribution < -0.4 is 9.47 Å². The summed E-state index contributed by atoms with van der Waals surface area (Å²) in [6.07, 6.45) is 0. The van der Waals surface area contributed by atoms with E-state index in [2.05, 4.69) is 10.2 Å². The van der Waals surface area contributed by atoms with Crippen LogP contribution in [0.2, 0.25) is 0 Å². The van der Waals surface area contributed by atoms with Gasteiger partial charge in [0.15, 0.2) is 16.8 Å². The van der Waals surface area contributed by atoms with Gasteiger partial charge in [-0.15, -0.1) is 10.2 Å². The Morgan fingerprint density at radius 1 is 1.04 bits per heavy atom. The summed E-state index contributed by atoms with van der Waals surface area (Å²) in [5.74, 6) is 2.35. The van der Waals surface area contributed by atoms with Crippen molar-refractivity contribution in [3.8, 4) is 22.9 Å². The SMILES string of the molecule is COc1ccc(-c2nnc(SCC(=O)c3ccccc3OC)n2C)cc1. The predicted molar refractivity (Wildman–Crippen MR) is 101 cm³/mol. The van der Waals surface area contributed by atoms with Crippen molar-refractivity contribution in [1.82, 2.24) is 14.8 Å². The van der Waals surface area contributed by atoms with Crippen LogP contribution in [0.15, 0.2) is 53.7 Å². The maximum absolute atomic E-state index is 12.5. The molecule has 26 heavy (non-hydrogen) atoms. The van der Waals surface area contributed by atoms with Gasteiger partial charge in [-0.25, -0.2) is 0 Å². The molecule has 0 N–H and O–H groups in total. The van der Waals surface area contributed by atoms with Crippen molar-refractivity contribution in [1.29, 1.82) is 0 Å². The van der Waals surface area contributed by atoms with E-state index in [0.717, 1.165) is 17.1 Å². The van der Waals surface area contributed by atoms with Gasteiger partial charge in [-0.05, 0) is 36.4 Å². The molecule has 0 saturated carbocycles. The first-order valence-electron chi connectivity index (χ1n) is 7.97. The summed E-state index contributed by atoms with van der Waals surface area (Å²) in [7, 11) is 5.07. The lowest BCUT2D eigenvalue weighted by molar-refractivity contribution is 0.101. The standard InChI is InChI=1S/C19H19N3O3S/c1-22-18(13-8-10-14(24-2)11-9-13)20-21-19(22)26-12-16(23)15-6-4-5-7-17(15)25-3/h4-11H,12H2,1-3H3. The first-order valence-corrected chi connectivity index (χ1v) is 8.95. The second-order valence-corrected chi connectivity index (χ2v) is 6.45. The number of carbonyl (C=O) groups excluding carboxylic acids is 1. The van der Waals surface area contributed by atoms with Crippen LogP contribution in [0.3, 0.4) is 0 Å². The quantitative estimate of drug-likeness (QED) is 0.469. The Morgan fingerprint density at radius 3 is 2.46 bits per heavy atom. The molecule has 3 rings (SSSR count). The molecule has 0 saturated heterocycles. The molecule has 134 valence electrons. The third-order valence-corrected chi connectivity index (χ3v) is 4.94. The second-order valence-electron chi connectivity index (χ2n) is 5.51. The van der Waals surface area contributed by atoms with E-state index in [4.69, 9.17) is 9.47 Å². The number of benzene rings is 2. The number of para-hydroxylation sites is 1. The number of rotatable bonds is 7. The maximum Gasteiger partial charge on any atom is 0.191 e. The number of ketones is 1. The molecular weight excluding hydrogens is 350 g/mol. The molecule has 0 spiro atoms. The number of carbonyl (C=O) groups is 1. The third kappa shape index (κ3) is 3.72. The molecule has 0 amide bonds. The highest BCUT2D eigenvalue weighted by atomic mass is 32.2. The van der Waals surface area contributed by atoms with Crippen LogP contribution in [0.5, 0.6) is 11.5 Å². The second kappa shape index (κ2) is 8.05. The van der Waals surface area contributed by atoms with Crippen molar-refractivity contribution in [2.75, 3.05) is 20.0 Å². The van der Waals surface area contributed by atoms with E-state index < -0.39 is 0 Å². The minimum atomic E-state index is -0.0125. The fourth-order valence-corrected chi connectivity index (χ4v) is 3.31. The maximum atomic E-state index is 12.5. The van der Waals surface area contributed by atoms with E-state index in [-0.39, 0.29) is 11.5 Å². The van der Waals surface area contributed by atoms with Crippen LogP contribution in [0.1, 0.15) is 10.4 Å². The van der Waals surface area contributed by atoms with Crippen LogP contribution in [-0.4, -0.2) is 40.5 Å². The molecule has 0 radical (unpaired) electrons. The fraction of sp³-hybridized carbons (Fsp3) is 0.211. The van der Waals surface area contributed by atoms with Crippen LogP contribution in [-0.2, 0) is 7.05 Å². The predicted octanol–water partition coefficient (Wildman–Crippen LogP) is 3.47. The van der Waals surface area contributed by atoms with E-state index >= 15 is 0 Å². The molecule has 3 aromatic rings. The number of hydrogen-bond donors (Lipinski definition) is 0. The number of nitrogens with zero attached hydrogens (tertiary/aromatic N) is 3. The van der Waals surface area contributed by atoms with Crippen molar-refractivity contribution < 1.29 is 14.3 Å². The Balaban J connectivity index is 1.73. The molecule has 0 fully saturated rings. The van der Waals surface area contributed by atoms with Gasteiger partial charge >= 0.3 is 0 Å². The van der Waals surface area contributed by atoms with Gasteiger partial charge < -0.3 is 14.0 Å². The lowest BCUT2D eigenvalue weighted by atomic mass is 10.1. The Hall–Kier alpha value is -2.80. The van der Waals surface area contributed by atoms with Gasteiger partial charge in [0.25, 0.3) is 0 Å². The van der Waals surface area contributed by atoms with Gasteiger partial charge in [0.2, 0.25) is 0 Å². The first kappa shape index (κ1) is 18.0. The Bertz CT molecular complexity index is 907. The summed E-state index contributed by atoms with van der Waals surface area (Å²) >= 11 is 1.35. The molecule has 6 nitrogen and oxygen atoms in total. The van der Waals surface area contributed by atoms with Gasteiger partial charge in [-0.2, -0.15) is 0 Å². The van der Waals surface area contributed by atoms with E-state index in [1.165, 1.54) is 11.8 Å². The molecule has 0 bridgehead atoms. The zero-order chi connectivity index (χ0) is 18.5. The number of methoxy groups -OCH3 is 2. The Labute approximate surface area is 156 Å². The normalized spacial score (nSPS) is 10.6. The molecule has 0 aliphatic heterocycles. The minimum Gasteiger partial charge on any atom is -0.497 e. The van der Waals surface area contributed by atoms with Crippen LogP contribution in [0, 0.1) is 0 Å². The first-order chi connectivity index (χ1) is 12.6. The highest BCUT2D eigenvalue weighted by molar-refractivity contribution is 7.99. The molecule has 0 aliphatic rings. The molecular formula is C19H19N3O3S. The van der Waals surface area contributed by atoms with Crippen LogP contribution >= 0.6 is 11.8 Å². The Morgan fingerprint density at radius 2 is 1.77 bits per heavy atom. The van der Waals surface area contributed by atoms with E-state index in [9.17, 15) is 4.79 Å². The summed E-state index contributed by atoms with van der Waals surface area (Å²) in [5.41, 5.74) is 1.50. The summed E-state index contributed by atoms with van der Waals surface area (Å²) in [5, 5.41) is 9.13.